The van der Waals surface area contributed by atoms with Gasteiger partial charge in [0.25, 0.3) is 0 Å². The number of aryl methyl sites for hydroxylation is 1. The number of fused-ring (bicyclic) bond motifs is 1. The molecular weight excluding hydrogens is 494 g/mol. The van der Waals surface area contributed by atoms with Crippen molar-refractivity contribution in [2.24, 2.45) is 0 Å². The van der Waals surface area contributed by atoms with E-state index in [9.17, 15) is 13.2 Å². The van der Waals surface area contributed by atoms with Gasteiger partial charge in [0.05, 0.1) is 21.4 Å². The number of halogens is 1. The fourth-order valence-corrected chi connectivity index (χ4v) is 6.74. The van der Waals surface area contributed by atoms with Crippen molar-refractivity contribution >= 4 is 43.9 Å². The number of carbonyl (C=O) groups excluding carboxylic acids is 1. The number of aromatic nitrogens is 1. The Labute approximate surface area is 216 Å². The lowest BCUT2D eigenvalue weighted by atomic mass is 10.1. The third-order valence-corrected chi connectivity index (χ3v) is 8.83. The van der Waals surface area contributed by atoms with E-state index in [4.69, 9.17) is 11.6 Å². The first-order chi connectivity index (χ1) is 17.3. The number of carbonyl (C=O) groups is 1. The van der Waals surface area contributed by atoms with Gasteiger partial charge in [-0.05, 0) is 36.2 Å². The van der Waals surface area contributed by atoms with E-state index in [2.05, 4.69) is 4.90 Å². The number of hydrogen-bond acceptors (Lipinski definition) is 4. The predicted octanol–water partition coefficient (Wildman–Crippen LogP) is 4.93. The molecule has 0 unspecified atom stereocenters. The lowest BCUT2D eigenvalue weighted by Crippen LogP contribution is -2.49. The first-order valence-corrected chi connectivity index (χ1v) is 14.0. The van der Waals surface area contributed by atoms with Crippen LogP contribution >= 0.6 is 11.6 Å². The van der Waals surface area contributed by atoms with E-state index in [1.54, 1.807) is 10.8 Å². The molecule has 0 radical (unpaired) electrons. The highest BCUT2D eigenvalue weighted by Gasteiger charge is 2.26. The molecule has 1 amide bonds. The smallest absolute Gasteiger partial charge is 0.242 e. The Hall–Kier alpha value is -3.29. The fourth-order valence-electron chi connectivity index (χ4n) is 4.80. The third-order valence-electron chi connectivity index (χ3n) is 6.82. The van der Waals surface area contributed by atoms with Crippen LogP contribution in [0.3, 0.4) is 0 Å². The Balaban J connectivity index is 1.35. The number of piperazine rings is 1. The molecule has 0 saturated carbocycles. The lowest BCUT2D eigenvalue weighted by Gasteiger charge is -2.36. The minimum atomic E-state index is -3.61. The van der Waals surface area contributed by atoms with Gasteiger partial charge in [0.2, 0.25) is 5.91 Å². The van der Waals surface area contributed by atoms with Crippen LogP contribution in [0.5, 0.6) is 0 Å². The summed E-state index contributed by atoms with van der Waals surface area (Å²) in [4.78, 5) is 17.5. The van der Waals surface area contributed by atoms with Gasteiger partial charge in [-0.25, -0.2) is 8.42 Å². The molecule has 3 aromatic carbocycles. The maximum atomic E-state index is 13.4. The molecule has 1 aliphatic heterocycles. The maximum Gasteiger partial charge on any atom is 0.242 e. The highest BCUT2D eigenvalue weighted by molar-refractivity contribution is 7.90. The Morgan fingerprint density at radius 2 is 1.56 bits per heavy atom. The molecular formula is C28H28ClN3O3S. The van der Waals surface area contributed by atoms with E-state index in [1.807, 2.05) is 84.6 Å². The van der Waals surface area contributed by atoms with Crippen molar-refractivity contribution in [3.8, 4) is 0 Å². The average Bonchev–Trinajstić information content (AvgIpc) is 3.25. The summed E-state index contributed by atoms with van der Waals surface area (Å²) in [5, 5.41) is 1.35. The molecule has 0 spiro atoms. The first-order valence-electron chi connectivity index (χ1n) is 12.0. The van der Waals surface area contributed by atoms with Gasteiger partial charge in [0, 0.05) is 43.3 Å². The second-order valence-corrected chi connectivity index (χ2v) is 11.5. The van der Waals surface area contributed by atoms with Gasteiger partial charge in [0.1, 0.15) is 6.54 Å². The van der Waals surface area contributed by atoms with Crippen LogP contribution < -0.4 is 4.90 Å². The number of benzene rings is 3. The minimum absolute atomic E-state index is 0.0302. The Bertz CT molecular complexity index is 1520. The SMILES string of the molecule is Cc1ccccc1CS(=O)(=O)c1cn(CC(=O)N2CCN(c3ccccc3Cl)CC2)c2ccccc12. The van der Waals surface area contributed by atoms with E-state index in [0.29, 0.717) is 36.6 Å². The third kappa shape index (κ3) is 4.86. The molecule has 0 N–H and O–H groups in total. The summed E-state index contributed by atoms with van der Waals surface area (Å²) < 4.78 is 28.7. The summed E-state index contributed by atoms with van der Waals surface area (Å²) in [6.07, 6.45) is 1.62. The Kier molecular flexibility index (Phi) is 6.77. The average molecular weight is 522 g/mol. The van der Waals surface area contributed by atoms with Crippen LogP contribution in [0.4, 0.5) is 5.69 Å². The van der Waals surface area contributed by atoms with Gasteiger partial charge in [-0.3, -0.25) is 4.79 Å². The zero-order chi connectivity index (χ0) is 25.3. The summed E-state index contributed by atoms with van der Waals surface area (Å²) in [7, 11) is -3.61. The van der Waals surface area contributed by atoms with Crippen LogP contribution in [0, 0.1) is 6.92 Å². The van der Waals surface area contributed by atoms with E-state index in [1.165, 1.54) is 0 Å². The quantitative estimate of drug-likeness (QED) is 0.361. The Morgan fingerprint density at radius 1 is 0.889 bits per heavy atom. The number of hydrogen-bond donors (Lipinski definition) is 0. The molecule has 186 valence electrons. The van der Waals surface area contributed by atoms with Gasteiger partial charge in [-0.15, -0.1) is 0 Å². The monoisotopic (exact) mass is 521 g/mol. The summed E-state index contributed by atoms with van der Waals surface area (Å²) in [6.45, 7) is 4.56. The molecule has 5 rings (SSSR count). The second-order valence-electron chi connectivity index (χ2n) is 9.14. The number of amides is 1. The molecule has 2 heterocycles. The molecule has 1 fully saturated rings. The molecule has 1 aliphatic rings. The molecule has 0 bridgehead atoms. The van der Waals surface area contributed by atoms with E-state index in [0.717, 1.165) is 22.3 Å². The predicted molar refractivity (Wildman–Crippen MR) is 144 cm³/mol. The molecule has 1 aromatic heterocycles. The van der Waals surface area contributed by atoms with Gasteiger partial charge in [-0.1, -0.05) is 66.2 Å². The minimum Gasteiger partial charge on any atom is -0.367 e. The largest absolute Gasteiger partial charge is 0.367 e. The number of anilines is 1. The molecule has 0 atom stereocenters. The zero-order valence-electron chi connectivity index (χ0n) is 20.1. The Morgan fingerprint density at radius 3 is 2.31 bits per heavy atom. The standard InChI is InChI=1S/C28H28ClN3O3S/c1-21-8-2-3-9-22(21)20-36(34,35)27-18-32(25-12-6-4-10-23(25)27)19-28(33)31-16-14-30(15-17-31)26-13-7-5-11-24(26)29/h2-13,18H,14-17,19-20H2,1H3. The van der Waals surface area contributed by atoms with Crippen molar-refractivity contribution in [1.82, 2.24) is 9.47 Å². The van der Waals surface area contributed by atoms with Crippen LogP contribution in [0.15, 0.2) is 83.9 Å². The molecule has 0 aliphatic carbocycles. The fraction of sp³-hybridized carbons (Fsp3) is 0.250. The van der Waals surface area contributed by atoms with E-state index >= 15 is 0 Å². The first kappa shape index (κ1) is 24.4. The topological polar surface area (TPSA) is 62.6 Å². The number of rotatable bonds is 6. The normalized spacial score (nSPS) is 14.4. The highest BCUT2D eigenvalue weighted by Crippen LogP contribution is 2.29. The summed E-state index contributed by atoms with van der Waals surface area (Å²) in [5.41, 5.74) is 3.44. The number of sulfone groups is 1. The van der Waals surface area contributed by atoms with Crippen LogP contribution in [0.1, 0.15) is 11.1 Å². The number of nitrogens with zero attached hydrogens (tertiary/aromatic N) is 3. The van der Waals surface area contributed by atoms with Crippen LogP contribution in [-0.4, -0.2) is 50.0 Å². The highest BCUT2D eigenvalue weighted by atomic mass is 35.5. The van der Waals surface area contributed by atoms with Crippen molar-refractivity contribution in [3.05, 3.63) is 95.1 Å². The van der Waals surface area contributed by atoms with Crippen LogP contribution in [0.2, 0.25) is 5.02 Å². The van der Waals surface area contributed by atoms with Crippen molar-refractivity contribution < 1.29 is 13.2 Å². The summed E-state index contributed by atoms with van der Waals surface area (Å²) in [6, 6.07) is 22.6. The summed E-state index contributed by atoms with van der Waals surface area (Å²) in [5.74, 6) is -0.108. The number of para-hydroxylation sites is 2. The molecule has 6 nitrogen and oxygen atoms in total. The van der Waals surface area contributed by atoms with Gasteiger partial charge < -0.3 is 14.4 Å². The van der Waals surface area contributed by atoms with Gasteiger partial charge >= 0.3 is 0 Å². The molecule has 1 saturated heterocycles. The maximum absolute atomic E-state index is 13.4. The van der Waals surface area contributed by atoms with Crippen molar-refractivity contribution in [2.75, 3.05) is 31.1 Å². The molecule has 4 aromatic rings. The van der Waals surface area contributed by atoms with Crippen molar-refractivity contribution in [3.63, 3.8) is 0 Å². The van der Waals surface area contributed by atoms with Crippen molar-refractivity contribution in [2.45, 2.75) is 24.1 Å². The second kappa shape index (κ2) is 9.99. The zero-order valence-corrected chi connectivity index (χ0v) is 21.7. The van der Waals surface area contributed by atoms with Crippen LogP contribution in [0.25, 0.3) is 10.9 Å². The van der Waals surface area contributed by atoms with Gasteiger partial charge in [0.15, 0.2) is 9.84 Å². The summed E-state index contributed by atoms with van der Waals surface area (Å²) >= 11 is 6.34. The van der Waals surface area contributed by atoms with Gasteiger partial charge in [-0.2, -0.15) is 0 Å². The van der Waals surface area contributed by atoms with E-state index in [-0.39, 0.29) is 23.1 Å². The van der Waals surface area contributed by atoms with Crippen molar-refractivity contribution in [1.29, 1.82) is 0 Å². The lowest BCUT2D eigenvalue weighted by molar-refractivity contribution is -0.132. The molecule has 8 heteroatoms. The van der Waals surface area contributed by atoms with E-state index < -0.39 is 9.84 Å². The molecule has 36 heavy (non-hydrogen) atoms. The van der Waals surface area contributed by atoms with Crippen LogP contribution in [-0.2, 0) is 26.9 Å².